The van der Waals surface area contributed by atoms with Gasteiger partial charge in [0.15, 0.2) is 5.65 Å². The molecule has 0 amide bonds. The second kappa shape index (κ2) is 9.07. The summed E-state index contributed by atoms with van der Waals surface area (Å²) in [6, 6.07) is 17.7. The molecule has 0 atom stereocenters. The van der Waals surface area contributed by atoms with Crippen molar-refractivity contribution in [3.8, 4) is 11.3 Å². The van der Waals surface area contributed by atoms with Crippen LogP contribution in [-0.2, 0) is 19.6 Å². The first-order valence-corrected chi connectivity index (χ1v) is 11.7. The van der Waals surface area contributed by atoms with Crippen molar-refractivity contribution in [1.29, 1.82) is 0 Å². The zero-order valence-corrected chi connectivity index (χ0v) is 19.2. The predicted molar refractivity (Wildman–Crippen MR) is 123 cm³/mol. The van der Waals surface area contributed by atoms with Gasteiger partial charge in [-0.25, -0.2) is 13.4 Å². The molecule has 0 radical (unpaired) electrons. The Bertz CT molecular complexity index is 1370. The molecule has 0 fully saturated rings. The first kappa shape index (κ1) is 21.9. The molecule has 0 saturated heterocycles. The number of hydrogen-bond donors (Lipinski definition) is 2. The average molecular weight is 516 g/mol. The van der Waals surface area contributed by atoms with Crippen LogP contribution in [-0.4, -0.2) is 42.6 Å². The van der Waals surface area contributed by atoms with Crippen molar-refractivity contribution in [2.24, 2.45) is 0 Å². The zero-order chi connectivity index (χ0) is 22.7. The molecule has 164 valence electrons. The van der Waals surface area contributed by atoms with Crippen molar-refractivity contribution < 1.29 is 17.9 Å². The van der Waals surface area contributed by atoms with E-state index in [1.54, 1.807) is 22.8 Å². The van der Waals surface area contributed by atoms with E-state index in [4.69, 9.17) is 0 Å². The number of carbonyl (C=O) groups excluding carboxylic acids is 1. The van der Waals surface area contributed by atoms with Gasteiger partial charge in [0.05, 0.1) is 28.4 Å². The van der Waals surface area contributed by atoms with Crippen LogP contribution >= 0.6 is 15.9 Å². The lowest BCUT2D eigenvalue weighted by Gasteiger charge is -2.12. The highest BCUT2D eigenvalue weighted by Crippen LogP contribution is 2.27. The number of hydrogen-bond acceptors (Lipinski definition) is 7. The molecule has 2 heterocycles. The van der Waals surface area contributed by atoms with Gasteiger partial charge in [-0.3, -0.25) is 4.79 Å². The lowest BCUT2D eigenvalue weighted by Crippen LogP contribution is -2.30. The molecule has 0 aliphatic heterocycles. The van der Waals surface area contributed by atoms with Crippen molar-refractivity contribution >= 4 is 49.1 Å². The van der Waals surface area contributed by atoms with Crippen LogP contribution in [0, 0.1) is 0 Å². The van der Waals surface area contributed by atoms with Gasteiger partial charge in [-0.2, -0.15) is 14.3 Å². The fraction of sp³-hybridized carbons (Fsp3) is 0.0952. The van der Waals surface area contributed by atoms with Gasteiger partial charge < -0.3 is 10.1 Å². The highest BCUT2D eigenvalue weighted by atomic mass is 79.9. The molecule has 4 aromatic rings. The Morgan fingerprint density at radius 2 is 1.84 bits per heavy atom. The largest absolute Gasteiger partial charge is 0.468 e. The SMILES string of the molecule is COC(=O)CNS(=O)(=O)c1ccc(Nc2cc(-c3ccccc3)nc3c(Br)cnn23)cc1. The van der Waals surface area contributed by atoms with E-state index in [1.165, 1.54) is 19.2 Å². The smallest absolute Gasteiger partial charge is 0.320 e. The number of anilines is 2. The third-order valence-electron chi connectivity index (χ3n) is 4.57. The second-order valence-electron chi connectivity index (χ2n) is 6.67. The molecule has 2 aromatic carbocycles. The van der Waals surface area contributed by atoms with E-state index < -0.39 is 22.5 Å². The normalized spacial score (nSPS) is 11.4. The minimum absolute atomic E-state index is 0.0265. The number of halogens is 1. The first-order chi connectivity index (χ1) is 15.4. The number of fused-ring (bicyclic) bond motifs is 1. The predicted octanol–water partition coefficient (Wildman–Crippen LogP) is 3.35. The molecule has 32 heavy (non-hydrogen) atoms. The maximum Gasteiger partial charge on any atom is 0.320 e. The van der Waals surface area contributed by atoms with Crippen molar-refractivity contribution in [3.63, 3.8) is 0 Å². The minimum Gasteiger partial charge on any atom is -0.468 e. The highest BCUT2D eigenvalue weighted by Gasteiger charge is 2.16. The van der Waals surface area contributed by atoms with E-state index >= 15 is 0 Å². The molecule has 2 aromatic heterocycles. The van der Waals surface area contributed by atoms with Crippen LogP contribution < -0.4 is 10.0 Å². The molecular weight excluding hydrogens is 498 g/mol. The number of methoxy groups -OCH3 is 1. The Labute approximate surface area is 192 Å². The van der Waals surface area contributed by atoms with Crippen molar-refractivity contribution in [3.05, 3.63) is 71.3 Å². The lowest BCUT2D eigenvalue weighted by molar-refractivity contribution is -0.139. The van der Waals surface area contributed by atoms with Gasteiger partial charge >= 0.3 is 5.97 Å². The van der Waals surface area contributed by atoms with E-state index in [9.17, 15) is 13.2 Å². The van der Waals surface area contributed by atoms with Crippen molar-refractivity contribution in [2.75, 3.05) is 19.0 Å². The Kier molecular flexibility index (Phi) is 6.21. The van der Waals surface area contributed by atoms with E-state index in [0.717, 1.165) is 15.7 Å². The van der Waals surface area contributed by atoms with Gasteiger partial charge in [0, 0.05) is 17.3 Å². The number of sulfonamides is 1. The Morgan fingerprint density at radius 3 is 2.53 bits per heavy atom. The van der Waals surface area contributed by atoms with Crippen LogP contribution in [0.4, 0.5) is 11.5 Å². The van der Waals surface area contributed by atoms with Crippen LogP contribution in [0.15, 0.2) is 76.2 Å². The summed E-state index contributed by atoms with van der Waals surface area (Å²) in [4.78, 5) is 15.9. The number of rotatable bonds is 7. The molecule has 0 bridgehead atoms. The van der Waals surface area contributed by atoms with Crippen molar-refractivity contribution in [2.45, 2.75) is 4.90 Å². The maximum atomic E-state index is 12.3. The second-order valence-corrected chi connectivity index (χ2v) is 9.29. The van der Waals surface area contributed by atoms with Gasteiger partial charge in [0.1, 0.15) is 12.4 Å². The summed E-state index contributed by atoms with van der Waals surface area (Å²) in [5.74, 6) is -0.0212. The van der Waals surface area contributed by atoms with Gasteiger partial charge in [0.25, 0.3) is 0 Å². The minimum atomic E-state index is -3.84. The van der Waals surface area contributed by atoms with Crippen LogP contribution in [0.1, 0.15) is 0 Å². The molecule has 11 heteroatoms. The van der Waals surface area contributed by atoms with E-state index in [0.29, 0.717) is 17.2 Å². The van der Waals surface area contributed by atoms with Crippen LogP contribution in [0.25, 0.3) is 16.9 Å². The number of benzene rings is 2. The van der Waals surface area contributed by atoms with Crippen molar-refractivity contribution in [1.82, 2.24) is 19.3 Å². The Balaban J connectivity index is 1.63. The average Bonchev–Trinajstić information content (AvgIpc) is 3.19. The number of esters is 1. The first-order valence-electron chi connectivity index (χ1n) is 9.40. The molecule has 0 saturated carbocycles. The maximum absolute atomic E-state index is 12.3. The molecule has 4 rings (SSSR count). The standard InChI is InChI=1S/C21H18BrN5O4S/c1-31-20(28)13-24-32(29,30)16-9-7-15(8-10-16)25-19-11-18(14-5-3-2-4-6-14)26-21-17(22)12-23-27(19)21/h2-12,24-25H,13H2,1H3. The summed E-state index contributed by atoms with van der Waals surface area (Å²) >= 11 is 3.47. The van der Waals surface area contributed by atoms with Gasteiger partial charge in [-0.1, -0.05) is 30.3 Å². The number of carbonyl (C=O) groups is 1. The summed E-state index contributed by atoms with van der Waals surface area (Å²) < 4.78 is 33.7. The third-order valence-corrected chi connectivity index (χ3v) is 6.55. The van der Waals surface area contributed by atoms with Crippen LogP contribution in [0.5, 0.6) is 0 Å². The molecular formula is C21H18BrN5O4S. The number of nitrogens with one attached hydrogen (secondary N) is 2. The summed E-state index contributed by atoms with van der Waals surface area (Å²) in [6.07, 6.45) is 1.66. The van der Waals surface area contributed by atoms with E-state index in [-0.39, 0.29) is 4.90 Å². The Morgan fingerprint density at radius 1 is 1.12 bits per heavy atom. The van der Waals surface area contributed by atoms with Gasteiger partial charge in [0.2, 0.25) is 10.0 Å². The topological polar surface area (TPSA) is 115 Å². The monoisotopic (exact) mass is 515 g/mol. The van der Waals surface area contributed by atoms with E-state index in [1.807, 2.05) is 36.4 Å². The molecule has 0 unspecified atom stereocenters. The number of ether oxygens (including phenoxy) is 1. The number of nitrogens with zero attached hydrogens (tertiary/aromatic N) is 3. The zero-order valence-electron chi connectivity index (χ0n) is 16.8. The molecule has 0 spiro atoms. The summed E-state index contributed by atoms with van der Waals surface area (Å²) in [7, 11) is -2.65. The molecule has 9 nitrogen and oxygen atoms in total. The Hall–Kier alpha value is -3.28. The quantitative estimate of drug-likeness (QED) is 0.362. The summed E-state index contributed by atoms with van der Waals surface area (Å²) in [5.41, 5.74) is 2.99. The van der Waals surface area contributed by atoms with Crippen LogP contribution in [0.3, 0.4) is 0 Å². The third kappa shape index (κ3) is 4.64. The molecule has 0 aliphatic carbocycles. The van der Waals surface area contributed by atoms with Gasteiger partial charge in [-0.05, 0) is 40.2 Å². The van der Waals surface area contributed by atoms with Crippen LogP contribution in [0.2, 0.25) is 0 Å². The summed E-state index contributed by atoms with van der Waals surface area (Å²) in [6.45, 7) is -0.440. The number of aromatic nitrogens is 3. The summed E-state index contributed by atoms with van der Waals surface area (Å²) in [5, 5.41) is 7.61. The highest BCUT2D eigenvalue weighted by molar-refractivity contribution is 9.10. The fourth-order valence-corrected chi connectivity index (χ4v) is 4.27. The molecule has 0 aliphatic rings. The lowest BCUT2D eigenvalue weighted by atomic mass is 10.1. The van der Waals surface area contributed by atoms with Gasteiger partial charge in [-0.15, -0.1) is 0 Å². The fourth-order valence-electron chi connectivity index (χ4n) is 2.96. The van der Waals surface area contributed by atoms with E-state index in [2.05, 4.69) is 40.8 Å². The molecule has 2 N–H and O–H groups in total.